The molecule has 8 nitrogen and oxygen atoms in total. The number of aromatic nitrogens is 4. The summed E-state index contributed by atoms with van der Waals surface area (Å²) in [6, 6.07) is 0.941. The number of ether oxygens (including phenoxy) is 1. The second-order valence-electron chi connectivity index (χ2n) is 11.1. The number of nitrogens with zero attached hydrogens (tertiary/aromatic N) is 4. The van der Waals surface area contributed by atoms with Gasteiger partial charge in [-0.1, -0.05) is 13.8 Å². The minimum absolute atomic E-state index is 0.207. The zero-order chi connectivity index (χ0) is 24.7. The lowest BCUT2D eigenvalue weighted by Gasteiger charge is -2.38. The van der Waals surface area contributed by atoms with E-state index in [0.717, 1.165) is 24.1 Å². The molecule has 1 amide bonds. The highest BCUT2D eigenvalue weighted by Gasteiger charge is 2.42. The molecule has 3 aliphatic rings. The van der Waals surface area contributed by atoms with E-state index in [-0.39, 0.29) is 5.91 Å². The van der Waals surface area contributed by atoms with E-state index in [1.165, 1.54) is 55.9 Å². The Balaban J connectivity index is 1.32. The van der Waals surface area contributed by atoms with Gasteiger partial charge in [0.15, 0.2) is 5.65 Å². The van der Waals surface area contributed by atoms with E-state index in [2.05, 4.69) is 46.9 Å². The quantitative estimate of drug-likeness (QED) is 0.414. The van der Waals surface area contributed by atoms with Crippen molar-refractivity contribution in [2.45, 2.75) is 83.6 Å². The van der Waals surface area contributed by atoms with Gasteiger partial charge in [0.05, 0.1) is 25.5 Å². The van der Waals surface area contributed by atoms with E-state index >= 15 is 0 Å². The first-order valence-corrected chi connectivity index (χ1v) is 13.8. The molecule has 0 spiro atoms. The van der Waals surface area contributed by atoms with E-state index in [0.29, 0.717) is 43.7 Å². The van der Waals surface area contributed by atoms with Crippen LogP contribution >= 0.6 is 11.3 Å². The van der Waals surface area contributed by atoms with Crippen molar-refractivity contribution in [3.05, 3.63) is 39.7 Å². The molecule has 7 rings (SSSR count). The summed E-state index contributed by atoms with van der Waals surface area (Å²) in [6.07, 6.45) is 8.31. The second-order valence-corrected chi connectivity index (χ2v) is 12.1. The third kappa shape index (κ3) is 3.22. The van der Waals surface area contributed by atoms with Crippen LogP contribution in [0.5, 0.6) is 0 Å². The number of nitrogens with one attached hydrogen (secondary N) is 1. The summed E-state index contributed by atoms with van der Waals surface area (Å²) in [4.78, 5) is 25.1. The molecule has 4 aromatic heterocycles. The highest BCUT2D eigenvalue weighted by Crippen LogP contribution is 2.50. The molecule has 7 heterocycles. The Bertz CT molecular complexity index is 1500. The van der Waals surface area contributed by atoms with Crippen LogP contribution in [0, 0.1) is 6.92 Å². The summed E-state index contributed by atoms with van der Waals surface area (Å²) in [5.41, 5.74) is 14.0. The van der Waals surface area contributed by atoms with Gasteiger partial charge >= 0.3 is 0 Å². The Labute approximate surface area is 213 Å². The molecule has 4 aromatic rings. The maximum atomic E-state index is 11.6. The molecular weight excluding hydrogens is 472 g/mol. The first-order chi connectivity index (χ1) is 17.4. The smallest absolute Gasteiger partial charge is 0.231 e. The molecule has 36 heavy (non-hydrogen) atoms. The number of nitrogens with two attached hydrogens (primary N) is 1. The van der Waals surface area contributed by atoms with Crippen molar-refractivity contribution < 1.29 is 9.53 Å². The number of carbonyl (C=O) groups excluding carboxylic acids is 1. The van der Waals surface area contributed by atoms with Crippen molar-refractivity contribution in [3.8, 4) is 11.3 Å². The molecule has 9 heteroatoms. The summed E-state index contributed by atoms with van der Waals surface area (Å²) >= 11 is 1.93. The number of hydrogen-bond donors (Lipinski definition) is 2. The van der Waals surface area contributed by atoms with Gasteiger partial charge in [-0.3, -0.25) is 9.69 Å². The zero-order valence-electron chi connectivity index (χ0n) is 21.0. The van der Waals surface area contributed by atoms with Gasteiger partial charge in [-0.15, -0.1) is 11.3 Å². The van der Waals surface area contributed by atoms with E-state index in [9.17, 15) is 4.79 Å². The highest BCUT2D eigenvalue weighted by atomic mass is 32.1. The van der Waals surface area contributed by atoms with Crippen molar-refractivity contribution in [3.63, 3.8) is 0 Å². The molecule has 0 saturated carbocycles. The van der Waals surface area contributed by atoms with E-state index < -0.39 is 0 Å². The van der Waals surface area contributed by atoms with Gasteiger partial charge in [0, 0.05) is 39.7 Å². The summed E-state index contributed by atoms with van der Waals surface area (Å²) in [5, 5.41) is 5.83. The Kier molecular flexibility index (Phi) is 5.07. The Morgan fingerprint density at radius 1 is 1.25 bits per heavy atom. The molecule has 0 aromatic carbocycles. The lowest BCUT2D eigenvalue weighted by atomic mass is 9.86. The van der Waals surface area contributed by atoms with Crippen LogP contribution in [0.25, 0.3) is 27.1 Å². The third-order valence-electron chi connectivity index (χ3n) is 8.68. The van der Waals surface area contributed by atoms with Crippen molar-refractivity contribution in [1.82, 2.24) is 24.5 Å². The van der Waals surface area contributed by atoms with Crippen LogP contribution in [0.2, 0.25) is 0 Å². The van der Waals surface area contributed by atoms with Crippen LogP contribution in [0.3, 0.4) is 0 Å². The van der Waals surface area contributed by atoms with E-state index in [1.807, 2.05) is 15.9 Å². The fraction of sp³-hybridized carbons (Fsp3) is 0.519. The number of thiophene rings is 1. The number of pyridine rings is 1. The second kappa shape index (κ2) is 8.13. The summed E-state index contributed by atoms with van der Waals surface area (Å²) < 4.78 is 7.75. The first-order valence-electron chi connectivity index (χ1n) is 13.0. The average Bonchev–Trinajstić information content (AvgIpc) is 3.62. The van der Waals surface area contributed by atoms with Crippen LogP contribution in [0.1, 0.15) is 78.5 Å². The first kappa shape index (κ1) is 22.4. The van der Waals surface area contributed by atoms with Gasteiger partial charge in [-0.05, 0) is 61.1 Å². The summed E-state index contributed by atoms with van der Waals surface area (Å²) in [5.74, 6) is 0.707. The monoisotopic (exact) mass is 504 g/mol. The molecule has 0 radical (unpaired) electrons. The lowest BCUT2D eigenvalue weighted by molar-refractivity contribution is -0.120. The minimum Gasteiger partial charge on any atom is -0.372 e. The van der Waals surface area contributed by atoms with Crippen LogP contribution < -0.4 is 5.73 Å². The van der Waals surface area contributed by atoms with Crippen LogP contribution in [0.4, 0.5) is 0 Å². The molecular formula is C27H32N6O2S. The molecule has 0 aliphatic carbocycles. The standard InChI is InChI=1S/C27H32N6O2S/c1-13(2)22-23-14(3)25(15-6-16-4-5-17(7-15)32(16)9-21(28)34)36-27(23)31-24(22)18-8-33-26(29-12-30-33)20-11-35-10-19(18)20/h8,12-13,15-17,31H,4-7,9-11H2,1-3H3,(H2,28,34)/t15-,16-,17+. The number of carbonyl (C=O) groups is 1. The van der Waals surface area contributed by atoms with Gasteiger partial charge in [0.2, 0.25) is 5.91 Å². The molecule has 2 fully saturated rings. The van der Waals surface area contributed by atoms with Crippen LogP contribution in [0.15, 0.2) is 12.5 Å². The zero-order valence-corrected chi connectivity index (χ0v) is 21.8. The number of aryl methyl sites for hydroxylation is 1. The van der Waals surface area contributed by atoms with Crippen LogP contribution in [-0.4, -0.2) is 49.0 Å². The molecule has 2 bridgehead atoms. The molecule has 3 aliphatic heterocycles. The van der Waals surface area contributed by atoms with Gasteiger partial charge in [-0.25, -0.2) is 9.50 Å². The van der Waals surface area contributed by atoms with Gasteiger partial charge in [-0.2, -0.15) is 5.10 Å². The Hall–Kier alpha value is -2.75. The van der Waals surface area contributed by atoms with Crippen molar-refractivity contribution >= 4 is 33.1 Å². The molecule has 188 valence electrons. The number of piperidine rings is 1. The van der Waals surface area contributed by atoms with E-state index in [4.69, 9.17) is 10.5 Å². The number of amides is 1. The number of primary amides is 1. The predicted molar refractivity (Wildman–Crippen MR) is 140 cm³/mol. The molecule has 3 N–H and O–H groups in total. The fourth-order valence-electron chi connectivity index (χ4n) is 7.20. The summed E-state index contributed by atoms with van der Waals surface area (Å²) in [7, 11) is 0. The van der Waals surface area contributed by atoms with E-state index in [1.54, 1.807) is 6.33 Å². The predicted octanol–water partition coefficient (Wildman–Crippen LogP) is 4.60. The Morgan fingerprint density at radius 2 is 2.00 bits per heavy atom. The van der Waals surface area contributed by atoms with Crippen LogP contribution in [-0.2, 0) is 22.7 Å². The van der Waals surface area contributed by atoms with Gasteiger partial charge in [0.25, 0.3) is 0 Å². The third-order valence-corrected chi connectivity index (χ3v) is 10.0. The summed E-state index contributed by atoms with van der Waals surface area (Å²) in [6.45, 7) is 8.47. The number of aromatic amines is 1. The molecule has 3 atom stereocenters. The maximum absolute atomic E-state index is 11.6. The number of rotatable bonds is 5. The minimum atomic E-state index is -0.207. The number of hydrogen-bond acceptors (Lipinski definition) is 6. The number of fused-ring (bicyclic) bond motifs is 6. The topological polar surface area (TPSA) is 102 Å². The molecule has 0 unspecified atom stereocenters. The number of H-pyrrole nitrogens is 1. The van der Waals surface area contributed by atoms with Gasteiger partial charge < -0.3 is 15.5 Å². The maximum Gasteiger partial charge on any atom is 0.231 e. The van der Waals surface area contributed by atoms with Gasteiger partial charge in [0.1, 0.15) is 11.2 Å². The van der Waals surface area contributed by atoms with Crippen molar-refractivity contribution in [1.29, 1.82) is 0 Å². The fourth-order valence-corrected chi connectivity index (χ4v) is 8.55. The molecule has 2 saturated heterocycles. The average molecular weight is 505 g/mol. The SMILES string of the molecule is Cc1c([C@@H]2C[C@H]3CC[C@@H](C2)N3CC(N)=O)sc2[nH]c(-c3cn4ncnc4c4c3COC4)c(C(C)C)c12. The highest BCUT2D eigenvalue weighted by molar-refractivity contribution is 7.19. The van der Waals surface area contributed by atoms with Crippen molar-refractivity contribution in [2.75, 3.05) is 6.54 Å². The largest absolute Gasteiger partial charge is 0.372 e. The normalized spacial score (nSPS) is 23.9. The Morgan fingerprint density at radius 3 is 2.72 bits per heavy atom. The lowest BCUT2D eigenvalue weighted by Crippen LogP contribution is -2.46. The van der Waals surface area contributed by atoms with Crippen molar-refractivity contribution in [2.24, 2.45) is 5.73 Å².